The molecule has 0 atom stereocenters. The van der Waals surface area contributed by atoms with E-state index in [0.717, 1.165) is 0 Å². The first-order valence-corrected chi connectivity index (χ1v) is 6.39. The average molecular weight is 267 g/mol. The molecular formula is C15H22FNO2. The molecule has 0 unspecified atom stereocenters. The smallest absolute Gasteiger partial charge is 0.164 e. The number of carbonyl (C=O) groups excluding carboxylic acids is 1. The van der Waals surface area contributed by atoms with Gasteiger partial charge in [0.1, 0.15) is 5.82 Å². The molecule has 0 saturated carbocycles. The zero-order chi connectivity index (χ0) is 14.6. The van der Waals surface area contributed by atoms with Crippen LogP contribution < -0.4 is 0 Å². The van der Waals surface area contributed by atoms with Gasteiger partial charge in [-0.25, -0.2) is 4.39 Å². The van der Waals surface area contributed by atoms with Crippen molar-refractivity contribution in [1.82, 2.24) is 4.90 Å². The molecule has 0 spiro atoms. The molecule has 0 bridgehead atoms. The van der Waals surface area contributed by atoms with Crippen molar-refractivity contribution in [2.24, 2.45) is 0 Å². The van der Waals surface area contributed by atoms with Gasteiger partial charge in [0.2, 0.25) is 0 Å². The summed E-state index contributed by atoms with van der Waals surface area (Å²) in [5.74, 6) is -0.436. The highest BCUT2D eigenvalue weighted by atomic mass is 19.1. The highest BCUT2D eigenvalue weighted by Gasteiger charge is 2.22. The summed E-state index contributed by atoms with van der Waals surface area (Å²) >= 11 is 0. The standard InChI is InChI=1S/C15H22FNO2/c1-11-5-6-12(9-13(11)16)14(19)7-8-17(4)15(2,3)10-18/h5-6,9,18H,7-8,10H2,1-4H3. The third kappa shape index (κ3) is 4.11. The fraction of sp³-hybridized carbons (Fsp3) is 0.533. The Kier molecular flexibility index (Phi) is 5.20. The number of aliphatic hydroxyl groups is 1. The van der Waals surface area contributed by atoms with Gasteiger partial charge in [-0.15, -0.1) is 0 Å². The lowest BCUT2D eigenvalue weighted by atomic mass is 10.0. The number of rotatable bonds is 6. The van der Waals surface area contributed by atoms with Crippen LogP contribution >= 0.6 is 0 Å². The number of carbonyl (C=O) groups is 1. The van der Waals surface area contributed by atoms with Crippen LogP contribution in [0.1, 0.15) is 36.2 Å². The number of likely N-dealkylation sites (N-methyl/N-ethyl adjacent to an activating group) is 1. The third-order valence-corrected chi connectivity index (χ3v) is 3.59. The minimum absolute atomic E-state index is 0.0247. The molecule has 1 rings (SSSR count). The monoisotopic (exact) mass is 267 g/mol. The molecule has 106 valence electrons. The Balaban J connectivity index is 2.63. The number of aliphatic hydroxyl groups excluding tert-OH is 1. The van der Waals surface area contributed by atoms with Crippen LogP contribution in [0.3, 0.4) is 0 Å². The minimum Gasteiger partial charge on any atom is -0.394 e. The number of benzene rings is 1. The van der Waals surface area contributed by atoms with E-state index in [1.54, 1.807) is 19.1 Å². The first-order valence-electron chi connectivity index (χ1n) is 6.39. The first-order chi connectivity index (χ1) is 8.77. The van der Waals surface area contributed by atoms with E-state index in [1.807, 2.05) is 25.8 Å². The number of hydrogen-bond acceptors (Lipinski definition) is 3. The summed E-state index contributed by atoms with van der Waals surface area (Å²) in [4.78, 5) is 13.9. The fourth-order valence-electron chi connectivity index (χ4n) is 1.60. The van der Waals surface area contributed by atoms with Gasteiger partial charge in [-0.05, 0) is 39.4 Å². The van der Waals surface area contributed by atoms with Crippen LogP contribution in [0.2, 0.25) is 0 Å². The Morgan fingerprint density at radius 3 is 2.58 bits per heavy atom. The van der Waals surface area contributed by atoms with Gasteiger partial charge in [0, 0.05) is 24.1 Å². The second-order valence-corrected chi connectivity index (χ2v) is 5.53. The second kappa shape index (κ2) is 6.26. The quantitative estimate of drug-likeness (QED) is 0.805. The van der Waals surface area contributed by atoms with E-state index < -0.39 is 0 Å². The molecule has 0 radical (unpaired) electrons. The maximum Gasteiger partial charge on any atom is 0.164 e. The maximum absolute atomic E-state index is 13.4. The first kappa shape index (κ1) is 15.8. The molecule has 0 aliphatic carbocycles. The zero-order valence-corrected chi connectivity index (χ0v) is 12.0. The Bertz CT molecular complexity index is 457. The van der Waals surface area contributed by atoms with Crippen LogP contribution in [0.4, 0.5) is 4.39 Å². The van der Waals surface area contributed by atoms with E-state index in [0.29, 0.717) is 24.1 Å². The van der Waals surface area contributed by atoms with Gasteiger partial charge in [0.05, 0.1) is 6.61 Å². The normalized spacial score (nSPS) is 11.9. The van der Waals surface area contributed by atoms with Crippen LogP contribution in [0.5, 0.6) is 0 Å². The van der Waals surface area contributed by atoms with E-state index in [4.69, 9.17) is 0 Å². The molecule has 1 aromatic rings. The third-order valence-electron chi connectivity index (χ3n) is 3.59. The minimum atomic E-state index is -0.362. The van der Waals surface area contributed by atoms with Gasteiger partial charge >= 0.3 is 0 Å². The van der Waals surface area contributed by atoms with Crippen molar-refractivity contribution in [3.63, 3.8) is 0 Å². The van der Waals surface area contributed by atoms with Crippen LogP contribution in [-0.4, -0.2) is 41.5 Å². The molecule has 19 heavy (non-hydrogen) atoms. The van der Waals surface area contributed by atoms with Crippen molar-refractivity contribution < 1.29 is 14.3 Å². The van der Waals surface area contributed by atoms with Crippen molar-refractivity contribution in [2.45, 2.75) is 32.7 Å². The molecule has 0 amide bonds. The van der Waals surface area contributed by atoms with Gasteiger partial charge in [-0.3, -0.25) is 9.69 Å². The average Bonchev–Trinajstić information content (AvgIpc) is 2.38. The zero-order valence-electron chi connectivity index (χ0n) is 12.0. The molecule has 0 heterocycles. The lowest BCUT2D eigenvalue weighted by Crippen LogP contribution is -2.45. The van der Waals surface area contributed by atoms with E-state index in [9.17, 15) is 14.3 Å². The Morgan fingerprint density at radius 1 is 1.42 bits per heavy atom. The van der Waals surface area contributed by atoms with Crippen molar-refractivity contribution in [3.05, 3.63) is 35.1 Å². The number of aryl methyl sites for hydroxylation is 1. The maximum atomic E-state index is 13.4. The highest BCUT2D eigenvalue weighted by Crippen LogP contribution is 2.14. The lowest BCUT2D eigenvalue weighted by Gasteiger charge is -2.33. The van der Waals surface area contributed by atoms with E-state index in [2.05, 4.69) is 0 Å². The second-order valence-electron chi connectivity index (χ2n) is 5.53. The Labute approximate surface area is 114 Å². The molecule has 0 saturated heterocycles. The van der Waals surface area contributed by atoms with E-state index in [-0.39, 0.29) is 23.7 Å². The molecule has 0 aliphatic heterocycles. The summed E-state index contributed by atoms with van der Waals surface area (Å²) in [6, 6.07) is 4.55. The molecular weight excluding hydrogens is 245 g/mol. The SMILES string of the molecule is Cc1ccc(C(=O)CCN(C)C(C)(C)CO)cc1F. The molecule has 0 aliphatic rings. The van der Waals surface area contributed by atoms with Gasteiger partial charge in [-0.1, -0.05) is 12.1 Å². The Morgan fingerprint density at radius 2 is 2.05 bits per heavy atom. The van der Waals surface area contributed by atoms with Crippen molar-refractivity contribution in [3.8, 4) is 0 Å². The van der Waals surface area contributed by atoms with Crippen LogP contribution in [-0.2, 0) is 0 Å². The van der Waals surface area contributed by atoms with Crippen LogP contribution in [0.15, 0.2) is 18.2 Å². The van der Waals surface area contributed by atoms with E-state index >= 15 is 0 Å². The summed E-state index contributed by atoms with van der Waals surface area (Å²) in [6.07, 6.45) is 0.308. The summed E-state index contributed by atoms with van der Waals surface area (Å²) < 4.78 is 13.4. The van der Waals surface area contributed by atoms with Crippen molar-refractivity contribution in [2.75, 3.05) is 20.2 Å². The fourth-order valence-corrected chi connectivity index (χ4v) is 1.60. The predicted octanol–water partition coefficient (Wildman–Crippen LogP) is 2.41. The number of Topliss-reactive ketones (excluding diaryl/α,β-unsaturated/α-hetero) is 1. The topological polar surface area (TPSA) is 40.5 Å². The summed E-state index contributed by atoms with van der Waals surface area (Å²) in [7, 11) is 1.86. The molecule has 0 aromatic heterocycles. The summed E-state index contributed by atoms with van der Waals surface area (Å²) in [5.41, 5.74) is 0.576. The van der Waals surface area contributed by atoms with Gasteiger partial charge in [0.25, 0.3) is 0 Å². The van der Waals surface area contributed by atoms with Crippen molar-refractivity contribution in [1.29, 1.82) is 0 Å². The summed E-state index contributed by atoms with van der Waals surface area (Å²) in [6.45, 7) is 6.03. The number of nitrogens with zero attached hydrogens (tertiary/aromatic N) is 1. The highest BCUT2D eigenvalue weighted by molar-refractivity contribution is 5.96. The van der Waals surface area contributed by atoms with Gasteiger partial charge in [0.15, 0.2) is 5.78 Å². The molecule has 1 N–H and O–H groups in total. The van der Waals surface area contributed by atoms with Gasteiger partial charge in [-0.2, -0.15) is 0 Å². The van der Waals surface area contributed by atoms with Crippen LogP contribution in [0.25, 0.3) is 0 Å². The number of hydrogen-bond donors (Lipinski definition) is 1. The largest absolute Gasteiger partial charge is 0.394 e. The van der Waals surface area contributed by atoms with E-state index in [1.165, 1.54) is 6.07 Å². The van der Waals surface area contributed by atoms with Crippen LogP contribution in [0, 0.1) is 12.7 Å². The summed E-state index contributed by atoms with van der Waals surface area (Å²) in [5, 5.41) is 9.24. The van der Waals surface area contributed by atoms with Gasteiger partial charge < -0.3 is 5.11 Å². The number of ketones is 1. The molecule has 1 aromatic carbocycles. The predicted molar refractivity (Wildman–Crippen MR) is 73.9 cm³/mol. The molecule has 0 fully saturated rings. The molecule has 3 nitrogen and oxygen atoms in total. The lowest BCUT2D eigenvalue weighted by molar-refractivity contribution is 0.0725. The number of halogens is 1. The molecule has 4 heteroatoms. The van der Waals surface area contributed by atoms with Crippen molar-refractivity contribution >= 4 is 5.78 Å². The Hall–Kier alpha value is -1.26.